The van der Waals surface area contributed by atoms with E-state index in [2.05, 4.69) is 15.7 Å². The number of anilines is 2. The summed E-state index contributed by atoms with van der Waals surface area (Å²) in [5.74, 6) is -1.36. The van der Waals surface area contributed by atoms with Crippen LogP contribution in [0, 0.1) is 6.92 Å². The number of rotatable bonds is 5. The Balaban J connectivity index is 1.71. The van der Waals surface area contributed by atoms with Gasteiger partial charge in [-0.15, -0.1) is 0 Å². The van der Waals surface area contributed by atoms with Gasteiger partial charge in [-0.25, -0.2) is 4.68 Å². The molecule has 1 heterocycles. The van der Waals surface area contributed by atoms with Crippen molar-refractivity contribution in [1.82, 2.24) is 9.78 Å². The minimum Gasteiger partial charge on any atom is -0.324 e. The third-order valence-electron chi connectivity index (χ3n) is 4.18. The van der Waals surface area contributed by atoms with Crippen LogP contribution in [0.3, 0.4) is 0 Å². The number of aryl methyl sites for hydroxylation is 1. The molecular formula is C21H17F3N4O3. The monoisotopic (exact) mass is 430 g/mol. The zero-order valence-electron chi connectivity index (χ0n) is 16.2. The lowest BCUT2D eigenvalue weighted by Gasteiger charge is -2.11. The largest absolute Gasteiger partial charge is 0.416 e. The number of carbonyl (C=O) groups is 2. The molecule has 0 radical (unpaired) electrons. The molecule has 2 aromatic carbocycles. The quantitative estimate of drug-likeness (QED) is 0.648. The number of hydrogen-bond donors (Lipinski definition) is 2. The maximum atomic E-state index is 12.8. The molecule has 0 saturated heterocycles. The van der Waals surface area contributed by atoms with Crippen molar-refractivity contribution in [3.63, 3.8) is 0 Å². The maximum Gasteiger partial charge on any atom is 0.416 e. The van der Waals surface area contributed by atoms with Gasteiger partial charge in [0.25, 0.3) is 11.5 Å². The molecule has 0 bridgehead atoms. The minimum atomic E-state index is -4.56. The number of nitrogens with zero attached hydrogens (tertiary/aromatic N) is 2. The highest BCUT2D eigenvalue weighted by Gasteiger charge is 2.30. The molecule has 0 aliphatic heterocycles. The van der Waals surface area contributed by atoms with Crippen molar-refractivity contribution in [2.24, 2.45) is 0 Å². The van der Waals surface area contributed by atoms with Gasteiger partial charge in [0, 0.05) is 17.4 Å². The molecule has 31 heavy (non-hydrogen) atoms. The van der Waals surface area contributed by atoms with Crippen LogP contribution >= 0.6 is 0 Å². The summed E-state index contributed by atoms with van der Waals surface area (Å²) in [5.41, 5.74) is -0.219. The third-order valence-corrected chi connectivity index (χ3v) is 4.18. The SMILES string of the molecule is Cc1ccc(NC(=O)c2ccc(=O)n(CC(=O)Nc3cccc(C(F)(F)F)c3)n2)cc1. The third kappa shape index (κ3) is 5.78. The zero-order valence-corrected chi connectivity index (χ0v) is 16.2. The van der Waals surface area contributed by atoms with Crippen LogP contribution in [0.2, 0.25) is 0 Å². The maximum absolute atomic E-state index is 12.8. The van der Waals surface area contributed by atoms with Crippen LogP contribution in [-0.4, -0.2) is 21.6 Å². The highest BCUT2D eigenvalue weighted by molar-refractivity contribution is 6.02. The molecule has 2 amide bonds. The van der Waals surface area contributed by atoms with E-state index < -0.39 is 35.7 Å². The molecule has 0 aliphatic rings. The number of hydrogen-bond acceptors (Lipinski definition) is 4. The first-order valence-electron chi connectivity index (χ1n) is 9.05. The number of amides is 2. The fourth-order valence-electron chi connectivity index (χ4n) is 2.63. The zero-order chi connectivity index (χ0) is 22.6. The smallest absolute Gasteiger partial charge is 0.324 e. The molecule has 3 rings (SSSR count). The number of nitrogens with one attached hydrogen (secondary N) is 2. The molecule has 0 atom stereocenters. The first-order chi connectivity index (χ1) is 14.6. The number of halogens is 3. The topological polar surface area (TPSA) is 93.1 Å². The second-order valence-corrected chi connectivity index (χ2v) is 6.66. The summed E-state index contributed by atoms with van der Waals surface area (Å²) in [4.78, 5) is 36.6. The van der Waals surface area contributed by atoms with Crippen molar-refractivity contribution >= 4 is 23.2 Å². The van der Waals surface area contributed by atoms with Crippen LogP contribution in [0.25, 0.3) is 0 Å². The van der Waals surface area contributed by atoms with Crippen LogP contribution in [0.15, 0.2) is 65.5 Å². The van der Waals surface area contributed by atoms with E-state index in [1.807, 2.05) is 19.1 Å². The van der Waals surface area contributed by atoms with Gasteiger partial charge in [0.1, 0.15) is 12.2 Å². The average molecular weight is 430 g/mol. The molecule has 3 aromatic rings. The average Bonchev–Trinajstić information content (AvgIpc) is 2.71. The van der Waals surface area contributed by atoms with Gasteiger partial charge in [0.2, 0.25) is 5.91 Å². The molecule has 160 valence electrons. The Morgan fingerprint density at radius 3 is 2.35 bits per heavy atom. The lowest BCUT2D eigenvalue weighted by atomic mass is 10.2. The van der Waals surface area contributed by atoms with Gasteiger partial charge < -0.3 is 10.6 Å². The van der Waals surface area contributed by atoms with E-state index in [1.165, 1.54) is 12.1 Å². The van der Waals surface area contributed by atoms with Gasteiger partial charge in [0.15, 0.2) is 0 Å². The molecule has 0 aliphatic carbocycles. The van der Waals surface area contributed by atoms with Crippen LogP contribution in [0.5, 0.6) is 0 Å². The van der Waals surface area contributed by atoms with E-state index in [0.717, 1.165) is 34.5 Å². The lowest BCUT2D eigenvalue weighted by Crippen LogP contribution is -2.31. The predicted molar refractivity (Wildman–Crippen MR) is 108 cm³/mol. The summed E-state index contributed by atoms with van der Waals surface area (Å²) < 4.78 is 39.1. The van der Waals surface area contributed by atoms with Crippen molar-refractivity contribution in [2.45, 2.75) is 19.6 Å². The van der Waals surface area contributed by atoms with Crippen LogP contribution in [-0.2, 0) is 17.5 Å². The van der Waals surface area contributed by atoms with Crippen molar-refractivity contribution in [3.8, 4) is 0 Å². The van der Waals surface area contributed by atoms with E-state index in [9.17, 15) is 27.6 Å². The number of benzene rings is 2. The summed E-state index contributed by atoms with van der Waals surface area (Å²) in [6.07, 6.45) is -4.56. The van der Waals surface area contributed by atoms with Crippen LogP contribution in [0.1, 0.15) is 21.6 Å². The lowest BCUT2D eigenvalue weighted by molar-refractivity contribution is -0.137. The minimum absolute atomic E-state index is 0.0823. The number of alkyl halides is 3. The standard InChI is InChI=1S/C21H17F3N4O3/c1-13-5-7-15(8-6-13)26-20(31)17-9-10-19(30)28(27-17)12-18(29)25-16-4-2-3-14(11-16)21(22,23)24/h2-11H,12H2,1H3,(H,25,29)(H,26,31). The highest BCUT2D eigenvalue weighted by Crippen LogP contribution is 2.30. The van der Waals surface area contributed by atoms with Crippen molar-refractivity contribution in [3.05, 3.63) is 87.8 Å². The normalized spacial score (nSPS) is 11.1. The van der Waals surface area contributed by atoms with Crippen molar-refractivity contribution < 1.29 is 22.8 Å². The van der Waals surface area contributed by atoms with Crippen LogP contribution in [0.4, 0.5) is 24.5 Å². The first-order valence-corrected chi connectivity index (χ1v) is 9.05. The second-order valence-electron chi connectivity index (χ2n) is 6.66. The number of carbonyl (C=O) groups excluding carboxylic acids is 2. The molecule has 7 nitrogen and oxygen atoms in total. The Hall–Kier alpha value is -3.95. The Morgan fingerprint density at radius 1 is 0.968 bits per heavy atom. The molecule has 0 spiro atoms. The summed E-state index contributed by atoms with van der Waals surface area (Å²) in [5, 5.41) is 8.78. The second kappa shape index (κ2) is 8.82. The molecule has 0 fully saturated rings. The molecule has 10 heteroatoms. The molecule has 0 saturated carbocycles. The summed E-state index contributed by atoms with van der Waals surface area (Å²) >= 11 is 0. The fourth-order valence-corrected chi connectivity index (χ4v) is 2.63. The summed E-state index contributed by atoms with van der Waals surface area (Å²) in [6, 6.07) is 13.4. The predicted octanol–water partition coefficient (Wildman–Crippen LogP) is 3.46. The molecule has 1 aromatic heterocycles. The van der Waals surface area contributed by atoms with Gasteiger partial charge in [-0.2, -0.15) is 18.3 Å². The van der Waals surface area contributed by atoms with Gasteiger partial charge >= 0.3 is 6.18 Å². The van der Waals surface area contributed by atoms with Gasteiger partial charge in [0.05, 0.1) is 5.56 Å². The Bertz CT molecular complexity index is 1170. The van der Waals surface area contributed by atoms with E-state index >= 15 is 0 Å². The Labute approximate surface area is 174 Å². The molecule has 2 N–H and O–H groups in total. The first kappa shape index (κ1) is 21.8. The van der Waals surface area contributed by atoms with Gasteiger partial charge in [-0.1, -0.05) is 23.8 Å². The van der Waals surface area contributed by atoms with E-state index in [0.29, 0.717) is 5.69 Å². The van der Waals surface area contributed by atoms with Crippen molar-refractivity contribution in [2.75, 3.05) is 10.6 Å². The molecule has 0 unspecified atom stereocenters. The Morgan fingerprint density at radius 2 is 1.68 bits per heavy atom. The van der Waals surface area contributed by atoms with Crippen molar-refractivity contribution in [1.29, 1.82) is 0 Å². The van der Waals surface area contributed by atoms with E-state index in [1.54, 1.807) is 12.1 Å². The summed E-state index contributed by atoms with van der Waals surface area (Å²) in [7, 11) is 0. The van der Waals surface area contributed by atoms with Gasteiger partial charge in [-0.3, -0.25) is 14.4 Å². The number of aromatic nitrogens is 2. The van der Waals surface area contributed by atoms with E-state index in [-0.39, 0.29) is 11.4 Å². The highest BCUT2D eigenvalue weighted by atomic mass is 19.4. The fraction of sp³-hybridized carbons (Fsp3) is 0.143. The van der Waals surface area contributed by atoms with Gasteiger partial charge in [-0.05, 0) is 43.3 Å². The summed E-state index contributed by atoms with van der Waals surface area (Å²) in [6.45, 7) is 1.31. The Kier molecular flexibility index (Phi) is 6.19. The molecular weight excluding hydrogens is 413 g/mol. The van der Waals surface area contributed by atoms with Crippen LogP contribution < -0.4 is 16.2 Å². The van der Waals surface area contributed by atoms with E-state index in [4.69, 9.17) is 0 Å².